The molecule has 3 aromatic heterocycles. The Labute approximate surface area is 350 Å². The highest BCUT2D eigenvalue weighted by atomic mass is 16.3. The summed E-state index contributed by atoms with van der Waals surface area (Å²) in [5.74, 6) is 1.84. The molecule has 12 aromatic rings. The van der Waals surface area contributed by atoms with E-state index in [1.54, 1.807) is 0 Å². The molecule has 9 aromatic carbocycles. The Kier molecular flexibility index (Phi) is 7.00. The zero-order chi connectivity index (χ0) is 40.4. The smallest absolute Gasteiger partial charge is 0.164 e. The number of hydrogen-bond acceptors (Lipinski definition) is 5. The van der Waals surface area contributed by atoms with Crippen LogP contribution in [0, 0.1) is 0 Å². The van der Waals surface area contributed by atoms with Gasteiger partial charge >= 0.3 is 0 Å². The molecule has 0 N–H and O–H groups in total. The van der Waals surface area contributed by atoms with E-state index in [2.05, 4.69) is 166 Å². The topological polar surface area (TPSA) is 65.0 Å². The highest BCUT2D eigenvalue weighted by Crippen LogP contribution is 2.53. The third-order valence-electron chi connectivity index (χ3n) is 12.9. The highest BCUT2D eigenvalue weighted by molar-refractivity contribution is 6.23. The van der Waals surface area contributed by atoms with Gasteiger partial charge in [-0.3, -0.25) is 0 Å². The van der Waals surface area contributed by atoms with E-state index in [-0.39, 0.29) is 5.41 Å². The second kappa shape index (κ2) is 12.6. The summed E-state index contributed by atoms with van der Waals surface area (Å²) in [6.45, 7) is 4.59. The molecule has 0 unspecified atom stereocenters. The van der Waals surface area contributed by atoms with E-state index >= 15 is 0 Å². The minimum absolute atomic E-state index is 0.324. The van der Waals surface area contributed by atoms with Gasteiger partial charge in [0.1, 0.15) is 22.3 Å². The highest BCUT2D eigenvalue weighted by Gasteiger charge is 2.39. The van der Waals surface area contributed by atoms with Crippen LogP contribution >= 0.6 is 0 Å². The zero-order valence-electron chi connectivity index (χ0n) is 33.4. The number of hydrogen-bond donors (Lipinski definition) is 0. The third-order valence-corrected chi connectivity index (χ3v) is 12.9. The Morgan fingerprint density at radius 3 is 1.85 bits per heavy atom. The Balaban J connectivity index is 0.977. The maximum atomic E-state index is 6.68. The van der Waals surface area contributed by atoms with Crippen molar-refractivity contribution < 1.29 is 8.83 Å². The van der Waals surface area contributed by atoms with Crippen molar-refractivity contribution in [2.75, 3.05) is 0 Å². The number of furan rings is 2. The second-order valence-electron chi connectivity index (χ2n) is 16.7. The molecule has 5 heteroatoms. The molecule has 0 spiro atoms. The Hall–Kier alpha value is -7.89. The lowest BCUT2D eigenvalue weighted by Crippen LogP contribution is -2.15. The summed E-state index contributed by atoms with van der Waals surface area (Å²) < 4.78 is 13.3. The van der Waals surface area contributed by atoms with Gasteiger partial charge in [-0.15, -0.1) is 0 Å². The van der Waals surface area contributed by atoms with E-state index in [4.69, 9.17) is 23.8 Å². The fraction of sp³-hybridized carbons (Fsp3) is 0.0536. The molecular formula is C56H35N3O2. The van der Waals surface area contributed by atoms with Crippen molar-refractivity contribution in [2.24, 2.45) is 0 Å². The van der Waals surface area contributed by atoms with Crippen LogP contribution < -0.4 is 0 Å². The van der Waals surface area contributed by atoms with Gasteiger partial charge in [-0.2, -0.15) is 0 Å². The van der Waals surface area contributed by atoms with Gasteiger partial charge in [0.2, 0.25) is 0 Å². The normalized spacial score (nSPS) is 13.2. The quantitative estimate of drug-likeness (QED) is 0.178. The van der Waals surface area contributed by atoms with E-state index in [9.17, 15) is 0 Å². The molecule has 286 valence electrons. The van der Waals surface area contributed by atoms with Gasteiger partial charge in [0.15, 0.2) is 17.5 Å². The number of rotatable bonds is 4. The molecule has 0 atom stereocenters. The van der Waals surface area contributed by atoms with Gasteiger partial charge in [0, 0.05) is 49.2 Å². The molecule has 0 bridgehead atoms. The number of aromatic nitrogens is 3. The van der Waals surface area contributed by atoms with Crippen molar-refractivity contribution in [1.29, 1.82) is 0 Å². The first kappa shape index (κ1) is 34.0. The third kappa shape index (κ3) is 4.98. The Morgan fingerprint density at radius 2 is 1.02 bits per heavy atom. The van der Waals surface area contributed by atoms with E-state index in [0.717, 1.165) is 71.5 Å². The molecule has 0 aliphatic heterocycles. The van der Waals surface area contributed by atoms with Crippen LogP contribution in [0.2, 0.25) is 0 Å². The molecule has 0 saturated carbocycles. The van der Waals surface area contributed by atoms with Gasteiger partial charge in [0.05, 0.1) is 0 Å². The van der Waals surface area contributed by atoms with E-state index < -0.39 is 0 Å². The molecule has 1 aliphatic rings. The predicted octanol–water partition coefficient (Wildman–Crippen LogP) is 15.0. The summed E-state index contributed by atoms with van der Waals surface area (Å²) in [6, 6.07) is 61.8. The molecule has 0 saturated heterocycles. The van der Waals surface area contributed by atoms with Crippen molar-refractivity contribution in [3.05, 3.63) is 187 Å². The first-order chi connectivity index (χ1) is 30.0. The number of nitrogens with zero attached hydrogens (tertiary/aromatic N) is 3. The van der Waals surface area contributed by atoms with Crippen LogP contribution in [0.25, 0.3) is 122 Å². The molecule has 61 heavy (non-hydrogen) atoms. The van der Waals surface area contributed by atoms with E-state index in [1.165, 1.54) is 44.0 Å². The number of fused-ring (bicyclic) bond motifs is 13. The second-order valence-corrected chi connectivity index (χ2v) is 16.7. The van der Waals surface area contributed by atoms with Crippen LogP contribution in [0.3, 0.4) is 0 Å². The first-order valence-corrected chi connectivity index (χ1v) is 20.8. The number of benzene rings is 9. The van der Waals surface area contributed by atoms with Gasteiger partial charge in [-0.05, 0) is 91.8 Å². The summed E-state index contributed by atoms with van der Waals surface area (Å²) in [5.41, 5.74) is 13.1. The van der Waals surface area contributed by atoms with Crippen molar-refractivity contribution >= 4 is 65.4 Å². The van der Waals surface area contributed by atoms with Crippen LogP contribution in [-0.4, -0.2) is 15.0 Å². The molecule has 3 heterocycles. The largest absolute Gasteiger partial charge is 0.456 e. The van der Waals surface area contributed by atoms with Gasteiger partial charge in [-0.1, -0.05) is 147 Å². The molecule has 5 nitrogen and oxygen atoms in total. The average Bonchev–Trinajstić information content (AvgIpc) is 3.95. The van der Waals surface area contributed by atoms with E-state index in [0.29, 0.717) is 17.5 Å². The molecule has 13 rings (SSSR count). The maximum Gasteiger partial charge on any atom is 0.164 e. The number of para-hydroxylation sites is 1. The lowest BCUT2D eigenvalue weighted by molar-refractivity contribution is 0.620. The zero-order valence-corrected chi connectivity index (χ0v) is 33.4. The Morgan fingerprint density at radius 1 is 0.377 bits per heavy atom. The van der Waals surface area contributed by atoms with Crippen molar-refractivity contribution in [3.63, 3.8) is 0 Å². The van der Waals surface area contributed by atoms with Crippen LogP contribution in [-0.2, 0) is 5.41 Å². The lowest BCUT2D eigenvalue weighted by atomic mass is 9.81. The summed E-state index contributed by atoms with van der Waals surface area (Å²) >= 11 is 0. The molecule has 0 amide bonds. The summed E-state index contributed by atoms with van der Waals surface area (Å²) in [6.07, 6.45) is 0. The standard InChI is InChI=1S/C56H35N3O2/c1-56(2)46-30-35(23-25-39(46)42-26-27-43-40-19-10-11-22-47(40)61-52(43)51(42)56)55-58-53(33-14-4-3-5-15-33)57-54(59-55)34-24-28-48-45(29-34)50-41-20-9-8-18-38(41)44(31-49(50)60-48)37-21-12-16-32-13-6-7-17-36(32)37/h3-31H,1-2H3. The monoisotopic (exact) mass is 781 g/mol. The SMILES string of the molecule is CC1(C)c2cc(-c3nc(-c4ccccc4)nc(-c4ccc5oc6cc(-c7cccc8ccccc78)c7ccccc7c6c5c4)n3)ccc2-c2ccc3c(oc4ccccc43)c21. The van der Waals surface area contributed by atoms with Gasteiger partial charge in [-0.25, -0.2) is 15.0 Å². The van der Waals surface area contributed by atoms with Crippen molar-refractivity contribution in [3.8, 4) is 56.4 Å². The fourth-order valence-electron chi connectivity index (χ4n) is 10.0. The minimum Gasteiger partial charge on any atom is -0.456 e. The average molecular weight is 782 g/mol. The lowest BCUT2D eigenvalue weighted by Gasteiger charge is -2.22. The molecule has 1 aliphatic carbocycles. The summed E-state index contributed by atoms with van der Waals surface area (Å²) in [4.78, 5) is 15.5. The van der Waals surface area contributed by atoms with E-state index in [1.807, 2.05) is 24.3 Å². The van der Waals surface area contributed by atoms with Crippen molar-refractivity contribution in [1.82, 2.24) is 15.0 Å². The fourth-order valence-corrected chi connectivity index (χ4v) is 10.0. The molecule has 0 fully saturated rings. The predicted molar refractivity (Wildman–Crippen MR) is 249 cm³/mol. The van der Waals surface area contributed by atoms with Crippen LogP contribution in [0.4, 0.5) is 0 Å². The molecule has 0 radical (unpaired) electrons. The summed E-state index contributed by atoms with van der Waals surface area (Å²) in [7, 11) is 0. The van der Waals surface area contributed by atoms with Crippen molar-refractivity contribution in [2.45, 2.75) is 19.3 Å². The van der Waals surface area contributed by atoms with Crippen LogP contribution in [0.5, 0.6) is 0 Å². The van der Waals surface area contributed by atoms with Gasteiger partial charge < -0.3 is 8.83 Å². The first-order valence-electron chi connectivity index (χ1n) is 20.8. The van der Waals surface area contributed by atoms with Crippen LogP contribution in [0.15, 0.2) is 185 Å². The molecular weight excluding hydrogens is 747 g/mol. The van der Waals surface area contributed by atoms with Gasteiger partial charge in [0.25, 0.3) is 0 Å². The summed E-state index contributed by atoms with van der Waals surface area (Å²) in [5, 5.41) is 9.12. The maximum absolute atomic E-state index is 6.68. The Bertz CT molecular complexity index is 3800. The minimum atomic E-state index is -0.324. The van der Waals surface area contributed by atoms with Crippen LogP contribution in [0.1, 0.15) is 25.0 Å².